The normalized spacial score (nSPS) is 14.3. The van der Waals surface area contributed by atoms with E-state index in [1.54, 1.807) is 31.4 Å². The number of aliphatic carboxylic acids is 1. The van der Waals surface area contributed by atoms with Crippen LogP contribution in [0.3, 0.4) is 0 Å². The van der Waals surface area contributed by atoms with Crippen molar-refractivity contribution in [3.8, 4) is 5.75 Å². The molecule has 15 heavy (non-hydrogen) atoms. The van der Waals surface area contributed by atoms with Gasteiger partial charge in [0.15, 0.2) is 0 Å². The van der Waals surface area contributed by atoms with Gasteiger partial charge in [0, 0.05) is 0 Å². The Morgan fingerprint density at radius 3 is 2.33 bits per heavy atom. The first-order chi connectivity index (χ1) is 7.04. The third-order valence-corrected chi connectivity index (χ3v) is 3.73. The standard InChI is InChI=1S/C11H13BrO3/c1-3-11(12,10(13)14)8-4-6-9(15-2)7-5-8/h4-7H,3H2,1-2H3,(H,13,14). The van der Waals surface area contributed by atoms with Gasteiger partial charge in [-0.3, -0.25) is 4.79 Å². The summed E-state index contributed by atoms with van der Waals surface area (Å²) in [5.41, 5.74) is 0.721. The summed E-state index contributed by atoms with van der Waals surface area (Å²) in [4.78, 5) is 11.1. The van der Waals surface area contributed by atoms with E-state index < -0.39 is 10.3 Å². The van der Waals surface area contributed by atoms with Crippen LogP contribution in [-0.4, -0.2) is 18.2 Å². The Balaban J connectivity index is 3.08. The minimum atomic E-state index is -1.00. The Labute approximate surface area is 97.2 Å². The van der Waals surface area contributed by atoms with Crippen LogP contribution in [0.15, 0.2) is 24.3 Å². The molecule has 0 aliphatic heterocycles. The van der Waals surface area contributed by atoms with Crippen LogP contribution in [0.1, 0.15) is 18.9 Å². The van der Waals surface area contributed by atoms with Crippen LogP contribution in [0.5, 0.6) is 5.75 Å². The van der Waals surface area contributed by atoms with Gasteiger partial charge in [0.25, 0.3) is 0 Å². The second-order valence-corrected chi connectivity index (χ2v) is 4.54. The predicted molar refractivity (Wildman–Crippen MR) is 61.5 cm³/mol. The summed E-state index contributed by atoms with van der Waals surface area (Å²) >= 11 is 3.26. The lowest BCUT2D eigenvalue weighted by Crippen LogP contribution is -2.27. The van der Waals surface area contributed by atoms with Gasteiger partial charge in [-0.1, -0.05) is 35.0 Å². The van der Waals surface area contributed by atoms with Crippen molar-refractivity contribution in [1.29, 1.82) is 0 Å². The molecule has 4 heteroatoms. The summed E-state index contributed by atoms with van der Waals surface area (Å²) < 4.78 is 4.01. The molecule has 1 rings (SSSR count). The highest BCUT2D eigenvalue weighted by atomic mass is 79.9. The lowest BCUT2D eigenvalue weighted by atomic mass is 9.96. The first-order valence-corrected chi connectivity index (χ1v) is 5.40. The molecular formula is C11H13BrO3. The fraction of sp³-hybridized carbons (Fsp3) is 0.364. The second kappa shape index (κ2) is 4.66. The number of halogens is 1. The van der Waals surface area contributed by atoms with Crippen LogP contribution in [0, 0.1) is 0 Å². The number of ether oxygens (including phenoxy) is 1. The Kier molecular flexibility index (Phi) is 3.74. The van der Waals surface area contributed by atoms with E-state index in [4.69, 9.17) is 9.84 Å². The molecule has 0 aliphatic carbocycles. The van der Waals surface area contributed by atoms with E-state index in [1.807, 2.05) is 6.92 Å². The number of hydrogen-bond acceptors (Lipinski definition) is 2. The van der Waals surface area contributed by atoms with Gasteiger partial charge in [-0.05, 0) is 24.1 Å². The van der Waals surface area contributed by atoms with Gasteiger partial charge in [-0.15, -0.1) is 0 Å². The first kappa shape index (κ1) is 12.0. The number of carboxylic acid groups (broad SMARTS) is 1. The minimum absolute atomic E-state index is 0.481. The Morgan fingerprint density at radius 2 is 2.00 bits per heavy atom. The number of hydrogen-bond donors (Lipinski definition) is 1. The fourth-order valence-electron chi connectivity index (χ4n) is 1.33. The summed E-state index contributed by atoms with van der Waals surface area (Å²) in [5.74, 6) is -0.162. The zero-order valence-corrected chi connectivity index (χ0v) is 10.2. The van der Waals surface area contributed by atoms with Gasteiger partial charge in [-0.2, -0.15) is 0 Å². The van der Waals surface area contributed by atoms with E-state index in [9.17, 15) is 4.79 Å². The molecule has 0 aromatic heterocycles. The third-order valence-electron chi connectivity index (χ3n) is 2.37. The maximum Gasteiger partial charge on any atom is 0.324 e. The molecule has 0 heterocycles. The van der Waals surface area contributed by atoms with Gasteiger partial charge >= 0.3 is 5.97 Å². The van der Waals surface area contributed by atoms with E-state index >= 15 is 0 Å². The summed E-state index contributed by atoms with van der Waals surface area (Å²) in [6.45, 7) is 1.83. The highest BCUT2D eigenvalue weighted by molar-refractivity contribution is 9.10. The smallest absolute Gasteiger partial charge is 0.324 e. The van der Waals surface area contributed by atoms with E-state index in [2.05, 4.69) is 15.9 Å². The predicted octanol–water partition coefficient (Wildman–Crippen LogP) is 2.78. The van der Waals surface area contributed by atoms with Crippen LogP contribution in [0.25, 0.3) is 0 Å². The maximum atomic E-state index is 11.1. The van der Waals surface area contributed by atoms with Crippen LogP contribution in [0.2, 0.25) is 0 Å². The topological polar surface area (TPSA) is 46.5 Å². The number of rotatable bonds is 4. The molecule has 0 saturated heterocycles. The summed E-state index contributed by atoms with van der Waals surface area (Å²) in [6.07, 6.45) is 0.481. The lowest BCUT2D eigenvalue weighted by molar-refractivity contribution is -0.140. The zero-order valence-electron chi connectivity index (χ0n) is 8.66. The van der Waals surface area contributed by atoms with E-state index in [0.29, 0.717) is 6.42 Å². The Bertz CT molecular complexity index is 347. The highest BCUT2D eigenvalue weighted by Gasteiger charge is 2.35. The average molecular weight is 273 g/mol. The summed E-state index contributed by atoms with van der Waals surface area (Å²) in [5, 5.41) is 9.13. The summed E-state index contributed by atoms with van der Waals surface area (Å²) in [6, 6.07) is 7.02. The molecule has 0 aliphatic rings. The monoisotopic (exact) mass is 272 g/mol. The third kappa shape index (κ3) is 2.31. The molecule has 0 bridgehead atoms. The van der Waals surface area contributed by atoms with Crippen LogP contribution < -0.4 is 4.74 Å². The summed E-state index contributed by atoms with van der Waals surface area (Å²) in [7, 11) is 1.58. The van der Waals surface area contributed by atoms with Crippen molar-refractivity contribution >= 4 is 21.9 Å². The molecule has 3 nitrogen and oxygen atoms in total. The molecule has 0 amide bonds. The van der Waals surface area contributed by atoms with Crippen LogP contribution in [0.4, 0.5) is 0 Å². The van der Waals surface area contributed by atoms with Crippen molar-refractivity contribution in [3.05, 3.63) is 29.8 Å². The lowest BCUT2D eigenvalue weighted by Gasteiger charge is -2.21. The van der Waals surface area contributed by atoms with E-state index in [0.717, 1.165) is 11.3 Å². The number of carboxylic acids is 1. The first-order valence-electron chi connectivity index (χ1n) is 4.61. The van der Waals surface area contributed by atoms with Crippen molar-refractivity contribution < 1.29 is 14.6 Å². The van der Waals surface area contributed by atoms with Crippen molar-refractivity contribution in [2.24, 2.45) is 0 Å². The second-order valence-electron chi connectivity index (χ2n) is 3.19. The Hall–Kier alpha value is -1.03. The molecule has 82 valence electrons. The van der Waals surface area contributed by atoms with Gasteiger partial charge in [-0.25, -0.2) is 0 Å². The number of carbonyl (C=O) groups is 1. The minimum Gasteiger partial charge on any atom is -0.497 e. The van der Waals surface area contributed by atoms with Crippen LogP contribution in [-0.2, 0) is 9.12 Å². The largest absolute Gasteiger partial charge is 0.497 e. The zero-order chi connectivity index (χ0) is 11.5. The quantitative estimate of drug-likeness (QED) is 0.858. The van der Waals surface area contributed by atoms with Crippen molar-refractivity contribution in [2.75, 3.05) is 7.11 Å². The van der Waals surface area contributed by atoms with Crippen molar-refractivity contribution in [3.63, 3.8) is 0 Å². The molecule has 1 atom stereocenters. The molecule has 0 spiro atoms. The molecule has 1 aromatic carbocycles. The van der Waals surface area contributed by atoms with Crippen molar-refractivity contribution in [1.82, 2.24) is 0 Å². The molecule has 1 unspecified atom stereocenters. The molecule has 0 fully saturated rings. The molecule has 0 saturated carbocycles. The van der Waals surface area contributed by atoms with Gasteiger partial charge < -0.3 is 9.84 Å². The van der Waals surface area contributed by atoms with Gasteiger partial charge in [0.1, 0.15) is 10.1 Å². The number of alkyl halides is 1. The Morgan fingerprint density at radius 1 is 1.47 bits per heavy atom. The van der Waals surface area contributed by atoms with Gasteiger partial charge in [0.05, 0.1) is 7.11 Å². The SMILES string of the molecule is CCC(Br)(C(=O)O)c1ccc(OC)cc1. The molecular weight excluding hydrogens is 260 g/mol. The van der Waals surface area contributed by atoms with Crippen LogP contribution >= 0.6 is 15.9 Å². The van der Waals surface area contributed by atoms with E-state index in [-0.39, 0.29) is 0 Å². The molecule has 0 radical (unpaired) electrons. The van der Waals surface area contributed by atoms with Crippen molar-refractivity contribution in [2.45, 2.75) is 17.7 Å². The number of benzene rings is 1. The molecule has 1 N–H and O–H groups in total. The van der Waals surface area contributed by atoms with E-state index in [1.165, 1.54) is 0 Å². The fourth-order valence-corrected chi connectivity index (χ4v) is 1.60. The molecule has 1 aromatic rings. The highest BCUT2D eigenvalue weighted by Crippen LogP contribution is 2.35. The number of methoxy groups -OCH3 is 1. The maximum absolute atomic E-state index is 11.1. The average Bonchev–Trinajstić information content (AvgIpc) is 2.28. The van der Waals surface area contributed by atoms with Gasteiger partial charge in [0.2, 0.25) is 0 Å².